The Morgan fingerprint density at radius 3 is 2.27 bits per heavy atom. The Morgan fingerprint density at radius 2 is 1.62 bits per heavy atom. The van der Waals surface area contributed by atoms with Crippen LogP contribution in [0.25, 0.3) is 5.69 Å². The molecule has 4 rings (SSSR count). The van der Waals surface area contributed by atoms with Crippen molar-refractivity contribution in [2.24, 2.45) is 11.5 Å². The number of nitrogens with two attached hydrogens (primary N) is 2. The minimum absolute atomic E-state index is 0.159. The van der Waals surface area contributed by atoms with Gasteiger partial charge in [-0.1, -0.05) is 54.6 Å². The molecule has 0 aliphatic carbocycles. The number of rotatable bonds is 9. The van der Waals surface area contributed by atoms with Gasteiger partial charge in [0.05, 0.1) is 11.3 Å². The van der Waals surface area contributed by atoms with Gasteiger partial charge in [-0.2, -0.15) is 18.3 Å². The maximum Gasteiger partial charge on any atom is 0.435 e. The Hall–Kier alpha value is -4.60. The summed E-state index contributed by atoms with van der Waals surface area (Å²) in [5.41, 5.74) is 12.4. The highest BCUT2D eigenvalue weighted by molar-refractivity contribution is 5.94. The third-order valence-electron chi connectivity index (χ3n) is 5.82. The lowest BCUT2D eigenvalue weighted by molar-refractivity contribution is -0.141. The standard InChI is InChI=1S/C27H24F3N5O2/c28-27(29,30)25-23(26(32)37)16-35(34-25)21-11-4-6-17(12-21)15-33-20-10-5-9-19(13-20)22(14-24(31)36)18-7-2-1-3-8-18/h1-13,16,22,33H,14-15H2,(H2,31,36)(H2,32,37). The van der Waals surface area contributed by atoms with E-state index in [9.17, 15) is 22.8 Å². The predicted octanol–water partition coefficient (Wildman–Crippen LogP) is 4.61. The van der Waals surface area contributed by atoms with Gasteiger partial charge < -0.3 is 16.8 Å². The molecule has 4 aromatic rings. The van der Waals surface area contributed by atoms with Gasteiger partial charge in [0, 0.05) is 30.8 Å². The molecule has 1 heterocycles. The normalized spacial score (nSPS) is 12.2. The van der Waals surface area contributed by atoms with E-state index in [2.05, 4.69) is 10.4 Å². The lowest BCUT2D eigenvalue weighted by Crippen LogP contribution is -2.17. The van der Waals surface area contributed by atoms with Gasteiger partial charge in [-0.05, 0) is 41.0 Å². The number of benzene rings is 3. The van der Waals surface area contributed by atoms with E-state index in [1.165, 1.54) is 0 Å². The number of carbonyl (C=O) groups excluding carboxylic acids is 2. The van der Waals surface area contributed by atoms with Crippen LogP contribution in [0.3, 0.4) is 0 Å². The molecule has 3 aromatic carbocycles. The minimum Gasteiger partial charge on any atom is -0.381 e. The molecule has 0 spiro atoms. The first-order chi connectivity index (χ1) is 17.6. The second-order valence-corrected chi connectivity index (χ2v) is 8.48. The number of carbonyl (C=O) groups is 2. The molecule has 0 aliphatic heterocycles. The number of hydrogen-bond acceptors (Lipinski definition) is 4. The van der Waals surface area contributed by atoms with E-state index in [0.717, 1.165) is 33.3 Å². The second-order valence-electron chi connectivity index (χ2n) is 8.48. The first-order valence-electron chi connectivity index (χ1n) is 11.3. The van der Waals surface area contributed by atoms with Gasteiger partial charge in [0.15, 0.2) is 5.69 Å². The zero-order chi connectivity index (χ0) is 26.6. The monoisotopic (exact) mass is 507 g/mol. The number of hydrogen-bond donors (Lipinski definition) is 3. The van der Waals surface area contributed by atoms with Crippen molar-refractivity contribution < 1.29 is 22.8 Å². The van der Waals surface area contributed by atoms with Crippen molar-refractivity contribution in [1.82, 2.24) is 9.78 Å². The first-order valence-corrected chi connectivity index (χ1v) is 11.3. The van der Waals surface area contributed by atoms with Gasteiger partial charge in [0.2, 0.25) is 5.91 Å². The van der Waals surface area contributed by atoms with E-state index in [1.54, 1.807) is 18.2 Å². The van der Waals surface area contributed by atoms with Gasteiger partial charge in [-0.25, -0.2) is 4.68 Å². The van der Waals surface area contributed by atoms with Gasteiger partial charge >= 0.3 is 6.18 Å². The van der Waals surface area contributed by atoms with Crippen LogP contribution >= 0.6 is 0 Å². The number of nitrogens with zero attached hydrogens (tertiary/aromatic N) is 2. The van der Waals surface area contributed by atoms with E-state index in [1.807, 2.05) is 60.7 Å². The number of halogens is 3. The van der Waals surface area contributed by atoms with Gasteiger partial charge in [-0.3, -0.25) is 9.59 Å². The molecule has 0 saturated carbocycles. The molecule has 10 heteroatoms. The number of primary amides is 2. The van der Waals surface area contributed by atoms with Crippen molar-refractivity contribution in [3.05, 3.63) is 113 Å². The summed E-state index contributed by atoms with van der Waals surface area (Å²) in [7, 11) is 0. The smallest absolute Gasteiger partial charge is 0.381 e. The van der Waals surface area contributed by atoms with Crippen LogP contribution in [0.2, 0.25) is 0 Å². The number of nitrogens with one attached hydrogen (secondary N) is 1. The SMILES string of the molecule is NC(=O)CC(c1ccccc1)c1cccc(NCc2cccc(-n3cc(C(N)=O)c(C(F)(F)F)n3)c2)c1. The number of alkyl halides is 3. The molecule has 1 unspecified atom stereocenters. The molecular weight excluding hydrogens is 483 g/mol. The lowest BCUT2D eigenvalue weighted by atomic mass is 9.88. The summed E-state index contributed by atoms with van der Waals surface area (Å²) < 4.78 is 40.8. The maximum absolute atomic E-state index is 13.3. The van der Waals surface area contributed by atoms with Gasteiger partial charge in [-0.15, -0.1) is 0 Å². The molecule has 0 fully saturated rings. The highest BCUT2D eigenvalue weighted by atomic mass is 19.4. The van der Waals surface area contributed by atoms with Crippen molar-refractivity contribution in [2.45, 2.75) is 25.1 Å². The summed E-state index contributed by atoms with van der Waals surface area (Å²) in [4.78, 5) is 23.2. The molecule has 1 atom stereocenters. The van der Waals surface area contributed by atoms with E-state index < -0.39 is 29.2 Å². The average Bonchev–Trinajstić information content (AvgIpc) is 3.34. The Bertz CT molecular complexity index is 1420. The Kier molecular flexibility index (Phi) is 7.28. The molecule has 0 saturated heterocycles. The molecule has 1 aromatic heterocycles. The number of anilines is 1. The number of amides is 2. The quantitative estimate of drug-likeness (QED) is 0.307. The third kappa shape index (κ3) is 6.16. The van der Waals surface area contributed by atoms with Crippen LogP contribution in [-0.2, 0) is 17.5 Å². The Balaban J connectivity index is 1.55. The fourth-order valence-corrected chi connectivity index (χ4v) is 4.09. The average molecular weight is 508 g/mol. The van der Waals surface area contributed by atoms with E-state index in [0.29, 0.717) is 12.2 Å². The molecule has 0 radical (unpaired) electrons. The van der Waals surface area contributed by atoms with Crippen LogP contribution < -0.4 is 16.8 Å². The van der Waals surface area contributed by atoms with Crippen molar-refractivity contribution in [3.63, 3.8) is 0 Å². The van der Waals surface area contributed by atoms with E-state index >= 15 is 0 Å². The summed E-state index contributed by atoms with van der Waals surface area (Å²) in [6, 6.07) is 24.0. The summed E-state index contributed by atoms with van der Waals surface area (Å²) >= 11 is 0. The minimum atomic E-state index is -4.81. The summed E-state index contributed by atoms with van der Waals surface area (Å²) in [6.07, 6.45) is -3.68. The zero-order valence-electron chi connectivity index (χ0n) is 19.6. The van der Waals surface area contributed by atoms with E-state index in [4.69, 9.17) is 11.5 Å². The molecule has 7 nitrogen and oxygen atoms in total. The summed E-state index contributed by atoms with van der Waals surface area (Å²) in [5, 5.41) is 6.85. The molecule has 2 amide bonds. The largest absolute Gasteiger partial charge is 0.435 e. The fraction of sp³-hybridized carbons (Fsp3) is 0.148. The van der Waals surface area contributed by atoms with Crippen molar-refractivity contribution >= 4 is 17.5 Å². The van der Waals surface area contributed by atoms with Crippen molar-refractivity contribution in [2.75, 3.05) is 5.32 Å². The van der Waals surface area contributed by atoms with Crippen LogP contribution in [0, 0.1) is 0 Å². The fourth-order valence-electron chi connectivity index (χ4n) is 4.09. The molecule has 190 valence electrons. The van der Waals surface area contributed by atoms with Crippen LogP contribution in [0.4, 0.5) is 18.9 Å². The van der Waals surface area contributed by atoms with E-state index in [-0.39, 0.29) is 12.3 Å². The zero-order valence-corrected chi connectivity index (χ0v) is 19.6. The topological polar surface area (TPSA) is 116 Å². The highest BCUT2D eigenvalue weighted by Gasteiger charge is 2.38. The second kappa shape index (κ2) is 10.6. The molecule has 37 heavy (non-hydrogen) atoms. The highest BCUT2D eigenvalue weighted by Crippen LogP contribution is 2.32. The molecular formula is C27H24F3N5O2. The lowest BCUT2D eigenvalue weighted by Gasteiger charge is -2.18. The summed E-state index contributed by atoms with van der Waals surface area (Å²) in [5.74, 6) is -1.82. The molecule has 0 aliphatic rings. The summed E-state index contributed by atoms with van der Waals surface area (Å²) in [6.45, 7) is 0.360. The Morgan fingerprint density at radius 1 is 0.919 bits per heavy atom. The van der Waals surface area contributed by atoms with Crippen molar-refractivity contribution in [1.29, 1.82) is 0 Å². The third-order valence-corrected chi connectivity index (χ3v) is 5.82. The maximum atomic E-state index is 13.3. The van der Waals surface area contributed by atoms with Gasteiger partial charge in [0.25, 0.3) is 5.91 Å². The number of aromatic nitrogens is 2. The molecule has 0 bridgehead atoms. The van der Waals surface area contributed by atoms with Crippen molar-refractivity contribution in [3.8, 4) is 5.69 Å². The first kappa shape index (κ1) is 25.5. The van der Waals surface area contributed by atoms with Crippen LogP contribution in [0.15, 0.2) is 85.1 Å². The molecule has 5 N–H and O–H groups in total. The Labute approximate surface area is 210 Å². The predicted molar refractivity (Wildman–Crippen MR) is 133 cm³/mol. The van der Waals surface area contributed by atoms with Crippen LogP contribution in [0.1, 0.15) is 45.1 Å². The van der Waals surface area contributed by atoms with Crippen LogP contribution in [0.5, 0.6) is 0 Å². The van der Waals surface area contributed by atoms with Crippen LogP contribution in [-0.4, -0.2) is 21.6 Å². The van der Waals surface area contributed by atoms with Gasteiger partial charge in [0.1, 0.15) is 0 Å².